The number of benzene rings is 1. The second-order valence-corrected chi connectivity index (χ2v) is 7.27. The van der Waals surface area contributed by atoms with Gasteiger partial charge in [0.2, 0.25) is 0 Å². The van der Waals surface area contributed by atoms with Crippen molar-refractivity contribution in [1.82, 2.24) is 29.6 Å². The third kappa shape index (κ3) is 3.31. The van der Waals surface area contributed by atoms with Gasteiger partial charge in [-0.2, -0.15) is 5.10 Å². The predicted molar refractivity (Wildman–Crippen MR) is 113 cm³/mol. The summed E-state index contributed by atoms with van der Waals surface area (Å²) in [6.07, 6.45) is 6.72. The van der Waals surface area contributed by atoms with Gasteiger partial charge in [-0.25, -0.2) is 9.97 Å². The topological polar surface area (TPSA) is 81.8 Å². The van der Waals surface area contributed by atoms with Crippen molar-refractivity contribution in [2.24, 2.45) is 7.05 Å². The Morgan fingerprint density at radius 1 is 1.28 bits per heavy atom. The molecule has 8 nitrogen and oxygen atoms in total. The van der Waals surface area contributed by atoms with Crippen LogP contribution in [0.25, 0.3) is 28.0 Å². The number of imidazole rings is 1. The standard InChI is InChI=1S/C21H23N7O/c1-27-12-14(10-24-27)16-8-18-17(9-19(16)29-2)23-13-28(18)21-5-3-4-20(26-21)25-15-6-7-22-11-15/h3-5,8-10,12-13,15,22H,6-7,11H2,1-2H3,(H,25,26). The molecular formula is C21H23N7O. The summed E-state index contributed by atoms with van der Waals surface area (Å²) in [7, 11) is 3.58. The van der Waals surface area contributed by atoms with Crippen molar-refractivity contribution >= 4 is 16.9 Å². The first-order chi connectivity index (χ1) is 14.2. The third-order valence-corrected chi connectivity index (χ3v) is 5.28. The molecule has 0 spiro atoms. The van der Waals surface area contributed by atoms with E-state index in [4.69, 9.17) is 9.72 Å². The maximum absolute atomic E-state index is 5.61. The summed E-state index contributed by atoms with van der Waals surface area (Å²) >= 11 is 0. The van der Waals surface area contributed by atoms with Gasteiger partial charge in [-0.05, 0) is 31.2 Å². The Morgan fingerprint density at radius 2 is 2.21 bits per heavy atom. The SMILES string of the molecule is COc1cc2ncn(-c3cccc(NC4CCNC4)n3)c2cc1-c1cnn(C)c1. The number of ether oxygens (including phenoxy) is 1. The van der Waals surface area contributed by atoms with E-state index in [1.165, 1.54) is 0 Å². The summed E-state index contributed by atoms with van der Waals surface area (Å²) in [6.45, 7) is 2.01. The number of nitrogens with zero attached hydrogens (tertiary/aromatic N) is 5. The Labute approximate surface area is 168 Å². The zero-order valence-electron chi connectivity index (χ0n) is 16.5. The molecule has 4 heterocycles. The molecule has 2 N–H and O–H groups in total. The van der Waals surface area contributed by atoms with E-state index in [0.717, 1.165) is 59.1 Å². The van der Waals surface area contributed by atoms with Crippen molar-refractivity contribution in [1.29, 1.82) is 0 Å². The molecule has 0 bridgehead atoms. The van der Waals surface area contributed by atoms with Crippen molar-refractivity contribution < 1.29 is 4.74 Å². The number of methoxy groups -OCH3 is 1. The normalized spacial score (nSPS) is 16.4. The Kier molecular flexibility index (Phi) is 4.40. The lowest BCUT2D eigenvalue weighted by molar-refractivity contribution is 0.417. The van der Waals surface area contributed by atoms with Gasteiger partial charge in [0.05, 0.1) is 24.3 Å². The van der Waals surface area contributed by atoms with Gasteiger partial charge in [0.15, 0.2) is 0 Å². The van der Waals surface area contributed by atoms with Crippen LogP contribution in [0.15, 0.2) is 49.1 Å². The van der Waals surface area contributed by atoms with Crippen molar-refractivity contribution in [3.05, 3.63) is 49.1 Å². The van der Waals surface area contributed by atoms with Crippen LogP contribution in [0, 0.1) is 0 Å². The highest BCUT2D eigenvalue weighted by molar-refractivity contribution is 5.87. The van der Waals surface area contributed by atoms with Gasteiger partial charge >= 0.3 is 0 Å². The molecule has 1 aliphatic rings. The number of pyridine rings is 1. The molecule has 4 aromatic rings. The zero-order valence-corrected chi connectivity index (χ0v) is 16.5. The molecule has 1 aromatic carbocycles. The fourth-order valence-corrected chi connectivity index (χ4v) is 3.80. The number of aryl methyl sites for hydroxylation is 1. The molecule has 3 aromatic heterocycles. The van der Waals surface area contributed by atoms with E-state index in [-0.39, 0.29) is 0 Å². The number of rotatable bonds is 5. The highest BCUT2D eigenvalue weighted by Crippen LogP contribution is 2.34. The van der Waals surface area contributed by atoms with Gasteiger partial charge in [0.1, 0.15) is 23.7 Å². The van der Waals surface area contributed by atoms with Gasteiger partial charge in [0, 0.05) is 43.0 Å². The van der Waals surface area contributed by atoms with E-state index < -0.39 is 0 Å². The minimum atomic E-state index is 0.415. The average Bonchev–Trinajstić information content (AvgIpc) is 3.48. The van der Waals surface area contributed by atoms with Crippen LogP contribution in [0.3, 0.4) is 0 Å². The number of aromatic nitrogens is 5. The quantitative estimate of drug-likeness (QED) is 0.546. The molecule has 0 saturated carbocycles. The molecule has 5 rings (SSSR count). The van der Waals surface area contributed by atoms with Gasteiger partial charge in [-0.1, -0.05) is 6.07 Å². The smallest absolute Gasteiger partial charge is 0.140 e. The highest BCUT2D eigenvalue weighted by atomic mass is 16.5. The molecule has 0 radical (unpaired) electrons. The largest absolute Gasteiger partial charge is 0.496 e. The lowest BCUT2D eigenvalue weighted by Gasteiger charge is -2.13. The van der Waals surface area contributed by atoms with E-state index in [1.54, 1.807) is 18.1 Å². The summed E-state index contributed by atoms with van der Waals surface area (Å²) in [5, 5.41) is 11.2. The Hall–Kier alpha value is -3.39. The second-order valence-electron chi connectivity index (χ2n) is 7.27. The molecule has 1 unspecified atom stereocenters. The molecule has 148 valence electrons. The molecule has 1 atom stereocenters. The monoisotopic (exact) mass is 389 g/mol. The van der Waals surface area contributed by atoms with Crippen LogP contribution in [0.5, 0.6) is 5.75 Å². The Morgan fingerprint density at radius 3 is 2.97 bits per heavy atom. The van der Waals surface area contributed by atoms with E-state index in [9.17, 15) is 0 Å². The number of anilines is 1. The maximum Gasteiger partial charge on any atom is 0.140 e. The lowest BCUT2D eigenvalue weighted by Crippen LogP contribution is -2.22. The van der Waals surface area contributed by atoms with Crippen LogP contribution in [0.4, 0.5) is 5.82 Å². The molecule has 0 amide bonds. The number of nitrogens with one attached hydrogen (secondary N) is 2. The van der Waals surface area contributed by atoms with Crippen molar-refractivity contribution in [2.75, 3.05) is 25.5 Å². The van der Waals surface area contributed by atoms with Crippen LogP contribution < -0.4 is 15.4 Å². The summed E-state index contributed by atoms with van der Waals surface area (Å²) in [4.78, 5) is 9.38. The lowest BCUT2D eigenvalue weighted by atomic mass is 10.1. The van der Waals surface area contributed by atoms with Gasteiger partial charge in [-0.15, -0.1) is 0 Å². The molecule has 29 heavy (non-hydrogen) atoms. The highest BCUT2D eigenvalue weighted by Gasteiger charge is 2.16. The fraction of sp³-hybridized carbons (Fsp3) is 0.286. The van der Waals surface area contributed by atoms with E-state index in [2.05, 4.69) is 26.8 Å². The summed E-state index contributed by atoms with van der Waals surface area (Å²) in [5.41, 5.74) is 3.80. The van der Waals surface area contributed by atoms with Crippen molar-refractivity contribution in [3.8, 4) is 22.7 Å². The average molecular weight is 389 g/mol. The van der Waals surface area contributed by atoms with Crippen LogP contribution in [-0.2, 0) is 7.05 Å². The molecule has 8 heteroatoms. The van der Waals surface area contributed by atoms with Crippen LogP contribution in [0.2, 0.25) is 0 Å². The van der Waals surface area contributed by atoms with Crippen LogP contribution in [-0.4, -0.2) is 50.6 Å². The predicted octanol–water partition coefficient (Wildman–Crippen LogP) is 2.60. The van der Waals surface area contributed by atoms with Gasteiger partial charge in [0.25, 0.3) is 0 Å². The second kappa shape index (κ2) is 7.21. The number of hydrogen-bond donors (Lipinski definition) is 2. The first-order valence-electron chi connectivity index (χ1n) is 9.70. The molecule has 1 saturated heterocycles. The van der Waals surface area contributed by atoms with Gasteiger partial charge < -0.3 is 15.4 Å². The number of hydrogen-bond acceptors (Lipinski definition) is 6. The summed E-state index contributed by atoms with van der Waals surface area (Å²) in [5.74, 6) is 2.47. The zero-order chi connectivity index (χ0) is 19.8. The minimum absolute atomic E-state index is 0.415. The van der Waals surface area contributed by atoms with Crippen LogP contribution in [0.1, 0.15) is 6.42 Å². The van der Waals surface area contributed by atoms with E-state index in [0.29, 0.717) is 6.04 Å². The Balaban J connectivity index is 1.57. The molecule has 1 fully saturated rings. The summed E-state index contributed by atoms with van der Waals surface area (Å²) < 4.78 is 9.40. The Bertz CT molecular complexity index is 1160. The van der Waals surface area contributed by atoms with Crippen molar-refractivity contribution in [3.63, 3.8) is 0 Å². The maximum atomic E-state index is 5.61. The third-order valence-electron chi connectivity index (χ3n) is 5.28. The summed E-state index contributed by atoms with van der Waals surface area (Å²) in [6, 6.07) is 10.5. The molecular weight excluding hydrogens is 366 g/mol. The van der Waals surface area contributed by atoms with Gasteiger partial charge in [-0.3, -0.25) is 9.25 Å². The van der Waals surface area contributed by atoms with Crippen molar-refractivity contribution in [2.45, 2.75) is 12.5 Å². The fourth-order valence-electron chi connectivity index (χ4n) is 3.80. The number of fused-ring (bicyclic) bond motifs is 1. The molecule has 0 aliphatic carbocycles. The molecule has 1 aliphatic heterocycles. The first-order valence-corrected chi connectivity index (χ1v) is 9.70. The van der Waals surface area contributed by atoms with E-state index in [1.807, 2.05) is 48.3 Å². The minimum Gasteiger partial charge on any atom is -0.496 e. The van der Waals surface area contributed by atoms with E-state index >= 15 is 0 Å². The van der Waals surface area contributed by atoms with Crippen LogP contribution >= 0.6 is 0 Å². The first kappa shape index (κ1) is 17.7.